The number of hydrogen-bond acceptors (Lipinski definition) is 3. The second-order valence-corrected chi connectivity index (χ2v) is 5.73. The molecule has 1 unspecified atom stereocenters. The zero-order valence-electron chi connectivity index (χ0n) is 11.1. The SMILES string of the molecule is COC1CCOC2(C1)CN(C(=O)CC(C)C)C2. The Balaban J connectivity index is 1.82. The third-order valence-electron chi connectivity index (χ3n) is 3.67. The van der Waals surface area contributed by atoms with E-state index in [1.807, 2.05) is 4.90 Å². The Kier molecular flexibility index (Phi) is 3.73. The molecule has 0 N–H and O–H groups in total. The molecule has 2 heterocycles. The van der Waals surface area contributed by atoms with Gasteiger partial charge in [-0.2, -0.15) is 0 Å². The van der Waals surface area contributed by atoms with Crippen molar-refractivity contribution in [3.05, 3.63) is 0 Å². The highest BCUT2D eigenvalue weighted by molar-refractivity contribution is 5.77. The molecule has 0 aliphatic carbocycles. The number of nitrogens with zero attached hydrogens (tertiary/aromatic N) is 1. The van der Waals surface area contributed by atoms with Crippen LogP contribution in [0.4, 0.5) is 0 Å². The zero-order valence-corrected chi connectivity index (χ0v) is 11.1. The highest BCUT2D eigenvalue weighted by Gasteiger charge is 2.49. The lowest BCUT2D eigenvalue weighted by Gasteiger charge is -2.53. The van der Waals surface area contributed by atoms with Crippen molar-refractivity contribution >= 4 is 5.91 Å². The first kappa shape index (κ1) is 12.8. The maximum Gasteiger partial charge on any atom is 0.223 e. The summed E-state index contributed by atoms with van der Waals surface area (Å²) in [4.78, 5) is 13.8. The molecular weight excluding hydrogens is 218 g/mol. The lowest BCUT2D eigenvalue weighted by atomic mass is 9.84. The number of hydrogen-bond donors (Lipinski definition) is 0. The largest absolute Gasteiger partial charge is 0.381 e. The van der Waals surface area contributed by atoms with E-state index in [1.54, 1.807) is 7.11 Å². The van der Waals surface area contributed by atoms with Gasteiger partial charge in [-0.3, -0.25) is 4.79 Å². The summed E-state index contributed by atoms with van der Waals surface area (Å²) in [6, 6.07) is 0. The van der Waals surface area contributed by atoms with Crippen LogP contribution < -0.4 is 0 Å². The maximum absolute atomic E-state index is 11.9. The van der Waals surface area contributed by atoms with Gasteiger partial charge in [0, 0.05) is 26.6 Å². The van der Waals surface area contributed by atoms with Crippen LogP contribution in [0.5, 0.6) is 0 Å². The first-order chi connectivity index (χ1) is 8.04. The molecule has 0 saturated carbocycles. The molecule has 2 fully saturated rings. The van der Waals surface area contributed by atoms with Gasteiger partial charge in [0.15, 0.2) is 0 Å². The average Bonchev–Trinajstić information content (AvgIpc) is 2.24. The average molecular weight is 241 g/mol. The number of likely N-dealkylation sites (tertiary alicyclic amines) is 1. The first-order valence-corrected chi connectivity index (χ1v) is 6.49. The molecule has 0 radical (unpaired) electrons. The van der Waals surface area contributed by atoms with Gasteiger partial charge in [0.2, 0.25) is 5.91 Å². The Morgan fingerprint density at radius 1 is 1.53 bits per heavy atom. The van der Waals surface area contributed by atoms with Gasteiger partial charge in [0.1, 0.15) is 5.60 Å². The number of rotatable bonds is 3. The van der Waals surface area contributed by atoms with Crippen molar-refractivity contribution in [2.75, 3.05) is 26.8 Å². The first-order valence-electron chi connectivity index (χ1n) is 6.49. The number of ether oxygens (including phenoxy) is 2. The molecule has 2 aliphatic heterocycles. The monoisotopic (exact) mass is 241 g/mol. The van der Waals surface area contributed by atoms with Crippen LogP contribution in [0.15, 0.2) is 0 Å². The smallest absolute Gasteiger partial charge is 0.223 e. The van der Waals surface area contributed by atoms with E-state index in [4.69, 9.17) is 9.47 Å². The molecule has 2 rings (SSSR count). The van der Waals surface area contributed by atoms with E-state index in [0.29, 0.717) is 18.4 Å². The van der Waals surface area contributed by atoms with E-state index < -0.39 is 0 Å². The minimum absolute atomic E-state index is 0.106. The third-order valence-corrected chi connectivity index (χ3v) is 3.67. The van der Waals surface area contributed by atoms with Crippen molar-refractivity contribution in [2.24, 2.45) is 5.92 Å². The predicted molar refractivity (Wildman–Crippen MR) is 64.7 cm³/mol. The molecule has 1 amide bonds. The molecule has 1 atom stereocenters. The van der Waals surface area contributed by atoms with Crippen LogP contribution in [0.3, 0.4) is 0 Å². The summed E-state index contributed by atoms with van der Waals surface area (Å²) >= 11 is 0. The molecular formula is C13H23NO3. The van der Waals surface area contributed by atoms with Gasteiger partial charge >= 0.3 is 0 Å². The summed E-state index contributed by atoms with van der Waals surface area (Å²) in [5.41, 5.74) is -0.106. The zero-order chi connectivity index (χ0) is 12.5. The van der Waals surface area contributed by atoms with Crippen molar-refractivity contribution in [3.8, 4) is 0 Å². The number of amides is 1. The van der Waals surface area contributed by atoms with Crippen LogP contribution in [-0.2, 0) is 14.3 Å². The van der Waals surface area contributed by atoms with Gasteiger partial charge in [-0.05, 0) is 12.3 Å². The molecule has 0 bridgehead atoms. The highest BCUT2D eigenvalue weighted by Crippen LogP contribution is 2.35. The van der Waals surface area contributed by atoms with Gasteiger partial charge in [-0.25, -0.2) is 0 Å². The van der Waals surface area contributed by atoms with E-state index in [-0.39, 0.29) is 11.5 Å². The van der Waals surface area contributed by atoms with E-state index in [1.165, 1.54) is 0 Å². The minimum Gasteiger partial charge on any atom is -0.381 e. The molecule has 4 nitrogen and oxygen atoms in total. The van der Waals surface area contributed by atoms with Gasteiger partial charge in [-0.1, -0.05) is 13.8 Å². The Bertz CT molecular complexity index is 284. The van der Waals surface area contributed by atoms with Crippen molar-refractivity contribution < 1.29 is 14.3 Å². The summed E-state index contributed by atoms with van der Waals surface area (Å²) in [5, 5.41) is 0. The second-order valence-electron chi connectivity index (χ2n) is 5.73. The minimum atomic E-state index is -0.106. The molecule has 17 heavy (non-hydrogen) atoms. The third kappa shape index (κ3) is 2.80. The molecule has 2 aliphatic rings. The number of carbonyl (C=O) groups is 1. The van der Waals surface area contributed by atoms with Crippen molar-refractivity contribution in [1.29, 1.82) is 0 Å². The molecule has 98 valence electrons. The molecule has 2 saturated heterocycles. The normalized spacial score (nSPS) is 27.3. The number of methoxy groups -OCH3 is 1. The quantitative estimate of drug-likeness (QED) is 0.750. The summed E-state index contributed by atoms with van der Waals surface area (Å²) in [5.74, 6) is 0.687. The molecule has 0 aromatic rings. The van der Waals surface area contributed by atoms with E-state index in [9.17, 15) is 4.79 Å². The summed E-state index contributed by atoms with van der Waals surface area (Å²) in [7, 11) is 1.75. The second kappa shape index (κ2) is 4.94. The summed E-state index contributed by atoms with van der Waals surface area (Å²) in [6.07, 6.45) is 2.84. The Morgan fingerprint density at radius 2 is 2.24 bits per heavy atom. The lowest BCUT2D eigenvalue weighted by molar-refractivity contribution is -0.198. The van der Waals surface area contributed by atoms with Crippen molar-refractivity contribution in [1.82, 2.24) is 4.90 Å². The van der Waals surface area contributed by atoms with Gasteiger partial charge in [0.25, 0.3) is 0 Å². The van der Waals surface area contributed by atoms with Crippen LogP contribution in [0.25, 0.3) is 0 Å². The summed E-state index contributed by atoms with van der Waals surface area (Å²) < 4.78 is 11.2. The standard InChI is InChI=1S/C13H23NO3/c1-10(2)6-12(15)14-8-13(9-14)7-11(16-3)4-5-17-13/h10-11H,4-9H2,1-3H3. The van der Waals surface area contributed by atoms with Crippen LogP contribution >= 0.6 is 0 Å². The Labute approximate surface area is 103 Å². The van der Waals surface area contributed by atoms with E-state index >= 15 is 0 Å². The molecule has 4 heteroatoms. The summed E-state index contributed by atoms with van der Waals surface area (Å²) in [6.45, 7) is 6.40. The topological polar surface area (TPSA) is 38.8 Å². The lowest BCUT2D eigenvalue weighted by Crippen LogP contribution is -2.67. The highest BCUT2D eigenvalue weighted by atomic mass is 16.5. The van der Waals surface area contributed by atoms with Crippen molar-refractivity contribution in [3.63, 3.8) is 0 Å². The van der Waals surface area contributed by atoms with Crippen LogP contribution in [-0.4, -0.2) is 49.3 Å². The van der Waals surface area contributed by atoms with E-state index in [0.717, 1.165) is 32.5 Å². The van der Waals surface area contributed by atoms with Crippen LogP contribution in [0.2, 0.25) is 0 Å². The molecule has 0 aromatic heterocycles. The molecule has 1 spiro atoms. The maximum atomic E-state index is 11.9. The fourth-order valence-electron chi connectivity index (χ4n) is 2.71. The Hall–Kier alpha value is -0.610. The fourth-order valence-corrected chi connectivity index (χ4v) is 2.71. The van der Waals surface area contributed by atoms with Crippen LogP contribution in [0.1, 0.15) is 33.1 Å². The van der Waals surface area contributed by atoms with Crippen LogP contribution in [0, 0.1) is 5.92 Å². The number of carbonyl (C=O) groups excluding carboxylic acids is 1. The molecule has 0 aromatic carbocycles. The van der Waals surface area contributed by atoms with Gasteiger partial charge < -0.3 is 14.4 Å². The van der Waals surface area contributed by atoms with Gasteiger partial charge in [-0.15, -0.1) is 0 Å². The van der Waals surface area contributed by atoms with Crippen molar-refractivity contribution in [2.45, 2.75) is 44.8 Å². The van der Waals surface area contributed by atoms with Gasteiger partial charge in [0.05, 0.1) is 19.2 Å². The Morgan fingerprint density at radius 3 is 2.82 bits per heavy atom. The fraction of sp³-hybridized carbons (Fsp3) is 0.923. The predicted octanol–water partition coefficient (Wildman–Crippen LogP) is 1.44. The van der Waals surface area contributed by atoms with E-state index in [2.05, 4.69) is 13.8 Å².